The van der Waals surface area contributed by atoms with E-state index < -0.39 is 0 Å². The van der Waals surface area contributed by atoms with Gasteiger partial charge in [-0.05, 0) is 31.9 Å². The van der Waals surface area contributed by atoms with Crippen molar-refractivity contribution < 1.29 is 4.79 Å². The van der Waals surface area contributed by atoms with Crippen LogP contribution < -0.4 is 15.5 Å². The average Bonchev–Trinajstić information content (AvgIpc) is 3.03. The third-order valence-electron chi connectivity index (χ3n) is 4.11. The number of rotatable bonds is 3. The summed E-state index contributed by atoms with van der Waals surface area (Å²) in [6.45, 7) is 3.58. The predicted octanol–water partition coefficient (Wildman–Crippen LogP) is 0.171. The highest BCUT2D eigenvalue weighted by Crippen LogP contribution is 2.16. The first-order chi connectivity index (χ1) is 9.83. The Morgan fingerprint density at radius 2 is 2.00 bits per heavy atom. The van der Waals surface area contributed by atoms with E-state index in [1.54, 1.807) is 12.4 Å². The molecule has 1 atom stereocenters. The molecule has 6 heteroatoms. The molecule has 1 aromatic rings. The smallest absolute Gasteiger partial charge is 0.225 e. The maximum Gasteiger partial charge on any atom is 0.225 e. The van der Waals surface area contributed by atoms with E-state index in [1.165, 1.54) is 0 Å². The topological polar surface area (TPSA) is 70.2 Å². The number of carbonyl (C=O) groups excluding carboxylic acids is 1. The number of hydrogen-bond donors (Lipinski definition) is 2. The summed E-state index contributed by atoms with van der Waals surface area (Å²) in [7, 11) is 0. The first kappa shape index (κ1) is 13.3. The van der Waals surface area contributed by atoms with Crippen molar-refractivity contribution in [3.8, 4) is 0 Å². The van der Waals surface area contributed by atoms with Crippen LogP contribution in [-0.4, -0.2) is 48.1 Å². The van der Waals surface area contributed by atoms with E-state index in [2.05, 4.69) is 25.5 Å². The molecule has 0 spiro atoms. The molecular formula is C14H21N5O. The normalized spacial score (nSPS) is 23.8. The number of nitrogens with one attached hydrogen (secondary N) is 2. The fourth-order valence-corrected chi connectivity index (χ4v) is 2.88. The minimum Gasteiger partial charge on any atom is -0.353 e. The highest BCUT2D eigenvalue weighted by Gasteiger charge is 2.27. The molecule has 6 nitrogen and oxygen atoms in total. The zero-order chi connectivity index (χ0) is 13.8. The Morgan fingerprint density at radius 3 is 2.65 bits per heavy atom. The second-order valence-electron chi connectivity index (χ2n) is 5.51. The number of amides is 1. The number of piperidine rings is 1. The summed E-state index contributed by atoms with van der Waals surface area (Å²) in [5, 5.41) is 6.42. The largest absolute Gasteiger partial charge is 0.353 e. The lowest BCUT2D eigenvalue weighted by atomic mass is 10.0. The lowest BCUT2D eigenvalue weighted by Gasteiger charge is -2.32. The van der Waals surface area contributed by atoms with Gasteiger partial charge in [0, 0.05) is 38.1 Å². The van der Waals surface area contributed by atoms with E-state index in [1.807, 2.05) is 6.07 Å². The van der Waals surface area contributed by atoms with E-state index in [-0.39, 0.29) is 11.8 Å². The van der Waals surface area contributed by atoms with Crippen LogP contribution in [0, 0.1) is 5.92 Å². The maximum atomic E-state index is 12.1. The molecule has 2 fully saturated rings. The summed E-state index contributed by atoms with van der Waals surface area (Å²) in [5.41, 5.74) is 0. The van der Waals surface area contributed by atoms with E-state index >= 15 is 0 Å². The van der Waals surface area contributed by atoms with Crippen LogP contribution in [0.25, 0.3) is 0 Å². The molecule has 2 saturated heterocycles. The van der Waals surface area contributed by atoms with Gasteiger partial charge in [0.25, 0.3) is 0 Å². The monoisotopic (exact) mass is 275 g/mol. The molecule has 1 unspecified atom stereocenters. The van der Waals surface area contributed by atoms with Crippen LogP contribution in [0.15, 0.2) is 18.5 Å². The first-order valence-electron chi connectivity index (χ1n) is 7.36. The number of hydrogen-bond acceptors (Lipinski definition) is 5. The van der Waals surface area contributed by atoms with Crippen molar-refractivity contribution in [2.75, 3.05) is 31.1 Å². The van der Waals surface area contributed by atoms with Gasteiger partial charge in [0.05, 0.1) is 5.92 Å². The molecule has 0 saturated carbocycles. The van der Waals surface area contributed by atoms with Gasteiger partial charge in [0.2, 0.25) is 11.9 Å². The summed E-state index contributed by atoms with van der Waals surface area (Å²) in [4.78, 5) is 22.8. The van der Waals surface area contributed by atoms with Gasteiger partial charge in [-0.3, -0.25) is 4.79 Å². The highest BCUT2D eigenvalue weighted by molar-refractivity contribution is 5.79. The first-order valence-corrected chi connectivity index (χ1v) is 7.36. The fraction of sp³-hybridized carbons (Fsp3) is 0.643. The Bertz CT molecular complexity index is 438. The minimum absolute atomic E-state index is 0.158. The number of carbonyl (C=O) groups is 1. The average molecular weight is 275 g/mol. The standard InChI is InChI=1S/C14H21N5O/c20-13(11-2-7-15-10-11)18-12-3-8-19(9-4-12)14-16-5-1-6-17-14/h1,5-6,11-12,15H,2-4,7-10H2,(H,18,20). The zero-order valence-electron chi connectivity index (χ0n) is 11.6. The van der Waals surface area contributed by atoms with Crippen LogP contribution in [0.4, 0.5) is 5.95 Å². The van der Waals surface area contributed by atoms with Crippen molar-refractivity contribution in [2.45, 2.75) is 25.3 Å². The van der Waals surface area contributed by atoms with Crippen LogP contribution in [0.3, 0.4) is 0 Å². The van der Waals surface area contributed by atoms with E-state index in [0.29, 0.717) is 6.04 Å². The summed E-state index contributed by atoms with van der Waals surface area (Å²) < 4.78 is 0. The Hall–Kier alpha value is -1.69. The van der Waals surface area contributed by atoms with Crippen LogP contribution in [0.2, 0.25) is 0 Å². The van der Waals surface area contributed by atoms with Gasteiger partial charge in [0.15, 0.2) is 0 Å². The quantitative estimate of drug-likeness (QED) is 0.823. The molecule has 0 bridgehead atoms. The van der Waals surface area contributed by atoms with Gasteiger partial charge in [-0.25, -0.2) is 9.97 Å². The maximum absolute atomic E-state index is 12.1. The van der Waals surface area contributed by atoms with Crippen molar-refractivity contribution in [3.05, 3.63) is 18.5 Å². The second-order valence-corrected chi connectivity index (χ2v) is 5.51. The fourth-order valence-electron chi connectivity index (χ4n) is 2.88. The number of nitrogens with zero attached hydrogens (tertiary/aromatic N) is 3. The summed E-state index contributed by atoms with van der Waals surface area (Å²) in [6, 6.07) is 2.12. The van der Waals surface area contributed by atoms with Gasteiger partial charge in [-0.15, -0.1) is 0 Å². The van der Waals surface area contributed by atoms with Crippen molar-refractivity contribution in [1.29, 1.82) is 0 Å². The second kappa shape index (κ2) is 6.17. The van der Waals surface area contributed by atoms with Gasteiger partial charge >= 0.3 is 0 Å². The van der Waals surface area contributed by atoms with Crippen LogP contribution in [0.5, 0.6) is 0 Å². The predicted molar refractivity (Wildman–Crippen MR) is 76.4 cm³/mol. The van der Waals surface area contributed by atoms with Crippen LogP contribution in [-0.2, 0) is 4.79 Å². The van der Waals surface area contributed by atoms with Gasteiger partial charge in [-0.2, -0.15) is 0 Å². The van der Waals surface area contributed by atoms with Crippen LogP contribution in [0.1, 0.15) is 19.3 Å². The molecule has 3 rings (SSSR count). The lowest BCUT2D eigenvalue weighted by molar-refractivity contribution is -0.125. The lowest BCUT2D eigenvalue weighted by Crippen LogP contribution is -2.47. The third-order valence-corrected chi connectivity index (χ3v) is 4.11. The molecule has 0 radical (unpaired) electrons. The Balaban J connectivity index is 1.47. The molecule has 2 N–H and O–H groups in total. The molecule has 20 heavy (non-hydrogen) atoms. The molecule has 1 amide bonds. The molecule has 108 valence electrons. The summed E-state index contributed by atoms with van der Waals surface area (Å²) >= 11 is 0. The third kappa shape index (κ3) is 3.07. The Kier molecular flexibility index (Phi) is 4.11. The zero-order valence-corrected chi connectivity index (χ0v) is 11.6. The van der Waals surface area contributed by atoms with Crippen molar-refractivity contribution in [2.24, 2.45) is 5.92 Å². The number of anilines is 1. The minimum atomic E-state index is 0.158. The van der Waals surface area contributed by atoms with Crippen molar-refractivity contribution in [3.63, 3.8) is 0 Å². The van der Waals surface area contributed by atoms with Crippen LogP contribution >= 0.6 is 0 Å². The number of aromatic nitrogens is 2. The summed E-state index contributed by atoms with van der Waals surface area (Å²) in [6.07, 6.45) is 6.42. The molecule has 0 aromatic carbocycles. The van der Waals surface area contributed by atoms with Gasteiger partial charge < -0.3 is 15.5 Å². The molecule has 2 aliphatic rings. The molecule has 0 aliphatic carbocycles. The van der Waals surface area contributed by atoms with E-state index in [0.717, 1.165) is 51.4 Å². The van der Waals surface area contributed by atoms with Crippen molar-refractivity contribution in [1.82, 2.24) is 20.6 Å². The van der Waals surface area contributed by atoms with E-state index in [4.69, 9.17) is 0 Å². The Morgan fingerprint density at radius 1 is 1.25 bits per heavy atom. The summed E-state index contributed by atoms with van der Waals surface area (Å²) in [5.74, 6) is 1.16. The molecule has 3 heterocycles. The Labute approximate surface area is 119 Å². The molecule has 1 aromatic heterocycles. The molecule has 2 aliphatic heterocycles. The van der Waals surface area contributed by atoms with Gasteiger partial charge in [-0.1, -0.05) is 0 Å². The van der Waals surface area contributed by atoms with Crippen molar-refractivity contribution >= 4 is 11.9 Å². The SMILES string of the molecule is O=C(NC1CCN(c2ncccn2)CC1)C1CCNC1. The van der Waals surface area contributed by atoms with E-state index in [9.17, 15) is 4.79 Å². The van der Waals surface area contributed by atoms with Gasteiger partial charge in [0.1, 0.15) is 0 Å². The highest BCUT2D eigenvalue weighted by atomic mass is 16.2. The molecular weight excluding hydrogens is 254 g/mol.